The highest BCUT2D eigenvalue weighted by Gasteiger charge is 2.53. The molecule has 1 aliphatic heterocycles. The Labute approximate surface area is 147 Å². The Balaban J connectivity index is 1.93. The summed E-state index contributed by atoms with van der Waals surface area (Å²) < 4.78 is 7.36. The molecule has 1 unspecified atom stereocenters. The van der Waals surface area contributed by atoms with Crippen LogP contribution in [0.4, 0.5) is 5.82 Å². The molecule has 4 heterocycles. The summed E-state index contributed by atoms with van der Waals surface area (Å²) in [7, 11) is 0. The molecule has 3 aromatic rings. The zero-order valence-corrected chi connectivity index (χ0v) is 14.2. The zero-order chi connectivity index (χ0) is 17.8. The minimum atomic E-state index is -1.61. The van der Waals surface area contributed by atoms with Crippen LogP contribution >= 0.6 is 11.3 Å². The highest BCUT2D eigenvalue weighted by molar-refractivity contribution is 7.08. The Morgan fingerprint density at radius 2 is 2.24 bits per heavy atom. The lowest BCUT2D eigenvalue weighted by Gasteiger charge is -2.27. The molecule has 0 radical (unpaired) electrons. The van der Waals surface area contributed by atoms with Gasteiger partial charge in [0.2, 0.25) is 0 Å². The summed E-state index contributed by atoms with van der Waals surface area (Å²) in [6, 6.07) is 1.95. The average molecular weight is 362 g/mol. The molecule has 25 heavy (non-hydrogen) atoms. The van der Waals surface area contributed by atoms with E-state index >= 15 is 0 Å². The molecule has 8 nitrogen and oxygen atoms in total. The molecule has 0 spiro atoms. The standard InChI is InChI=1S/C16H18N4O4S/c1-16(23)12(22)10(5-21)24-15(16)20-4-9(8-2-3-25-6-8)11-13(17)18-7-19-14(11)20/h2-4,6-7,10,12,15,21-23H,5H2,1H3,(H2,17,18,19)/t10-,12?,15-,16-/m1/s1. The number of aliphatic hydroxyl groups excluding tert-OH is 2. The first kappa shape index (κ1) is 16.4. The van der Waals surface area contributed by atoms with Gasteiger partial charge in [0.05, 0.1) is 12.0 Å². The van der Waals surface area contributed by atoms with E-state index < -0.39 is 30.6 Å². The number of nitrogen functional groups attached to an aromatic ring is 1. The van der Waals surface area contributed by atoms with Gasteiger partial charge in [0.15, 0.2) is 6.23 Å². The van der Waals surface area contributed by atoms with Gasteiger partial charge >= 0.3 is 0 Å². The van der Waals surface area contributed by atoms with Crippen LogP contribution < -0.4 is 5.73 Å². The summed E-state index contributed by atoms with van der Waals surface area (Å²) in [5.41, 5.74) is 6.72. The van der Waals surface area contributed by atoms with Crippen molar-refractivity contribution in [2.45, 2.75) is 31.0 Å². The van der Waals surface area contributed by atoms with E-state index in [1.165, 1.54) is 13.3 Å². The van der Waals surface area contributed by atoms with Gasteiger partial charge in [-0.2, -0.15) is 11.3 Å². The third-order valence-electron chi connectivity index (χ3n) is 4.66. The van der Waals surface area contributed by atoms with Gasteiger partial charge in [-0.3, -0.25) is 0 Å². The van der Waals surface area contributed by atoms with Crippen LogP contribution in [0.2, 0.25) is 0 Å². The van der Waals surface area contributed by atoms with E-state index in [4.69, 9.17) is 10.5 Å². The summed E-state index contributed by atoms with van der Waals surface area (Å²) in [5, 5.41) is 35.0. The fraction of sp³-hybridized carbons (Fsp3) is 0.375. The second-order valence-corrected chi connectivity index (χ2v) is 7.08. The summed E-state index contributed by atoms with van der Waals surface area (Å²) >= 11 is 1.55. The summed E-state index contributed by atoms with van der Waals surface area (Å²) in [4.78, 5) is 8.36. The molecule has 9 heteroatoms. The Morgan fingerprint density at radius 3 is 2.88 bits per heavy atom. The molecule has 132 valence electrons. The predicted molar refractivity (Wildman–Crippen MR) is 92.9 cm³/mol. The van der Waals surface area contributed by atoms with Crippen LogP contribution in [0.15, 0.2) is 29.4 Å². The van der Waals surface area contributed by atoms with Crippen LogP contribution in [-0.4, -0.2) is 54.3 Å². The predicted octanol–water partition coefficient (Wildman–Crippen LogP) is 0.744. The van der Waals surface area contributed by atoms with Gasteiger partial charge in [0, 0.05) is 11.8 Å². The normalized spacial score (nSPS) is 29.5. The highest BCUT2D eigenvalue weighted by atomic mass is 32.1. The molecule has 3 aromatic heterocycles. The number of fused-ring (bicyclic) bond motifs is 1. The third-order valence-corrected chi connectivity index (χ3v) is 5.34. The van der Waals surface area contributed by atoms with Crippen LogP contribution in [-0.2, 0) is 4.74 Å². The second-order valence-electron chi connectivity index (χ2n) is 6.30. The van der Waals surface area contributed by atoms with Gasteiger partial charge in [-0.1, -0.05) is 0 Å². The summed E-state index contributed by atoms with van der Waals surface area (Å²) in [6.07, 6.45) is 0.0762. The lowest BCUT2D eigenvalue weighted by molar-refractivity contribution is -0.0948. The number of nitrogens with two attached hydrogens (primary N) is 1. The van der Waals surface area contributed by atoms with Crippen molar-refractivity contribution in [1.82, 2.24) is 14.5 Å². The number of ether oxygens (including phenoxy) is 1. The van der Waals surface area contributed by atoms with Gasteiger partial charge < -0.3 is 30.4 Å². The second kappa shape index (κ2) is 5.75. The van der Waals surface area contributed by atoms with Crippen molar-refractivity contribution in [2.75, 3.05) is 12.3 Å². The van der Waals surface area contributed by atoms with Gasteiger partial charge in [0.25, 0.3) is 0 Å². The summed E-state index contributed by atoms with van der Waals surface area (Å²) in [5.74, 6) is 0.321. The first-order valence-electron chi connectivity index (χ1n) is 7.75. The van der Waals surface area contributed by atoms with Crippen molar-refractivity contribution in [1.29, 1.82) is 0 Å². The third kappa shape index (κ3) is 2.35. The van der Waals surface area contributed by atoms with Crippen LogP contribution in [0, 0.1) is 0 Å². The molecule has 0 saturated carbocycles. The monoisotopic (exact) mass is 362 g/mol. The minimum Gasteiger partial charge on any atom is -0.394 e. The molecule has 1 aliphatic rings. The Bertz CT molecular complexity index is 908. The van der Waals surface area contributed by atoms with Gasteiger partial charge in [-0.05, 0) is 29.3 Å². The number of hydrogen-bond donors (Lipinski definition) is 4. The minimum absolute atomic E-state index is 0.321. The van der Waals surface area contributed by atoms with Gasteiger partial charge in [-0.15, -0.1) is 0 Å². The number of hydrogen-bond acceptors (Lipinski definition) is 8. The number of anilines is 1. The molecule has 1 saturated heterocycles. The van der Waals surface area contributed by atoms with E-state index in [1.54, 1.807) is 22.1 Å². The average Bonchev–Trinajstić information content (AvgIpc) is 3.27. The molecule has 0 amide bonds. The maximum atomic E-state index is 10.8. The summed E-state index contributed by atoms with van der Waals surface area (Å²) in [6.45, 7) is 1.07. The van der Waals surface area contributed by atoms with Gasteiger partial charge in [0.1, 0.15) is 35.6 Å². The Morgan fingerprint density at radius 1 is 1.44 bits per heavy atom. The Kier molecular flexibility index (Phi) is 3.78. The topological polar surface area (TPSA) is 127 Å². The molecule has 0 aliphatic carbocycles. The van der Waals surface area contributed by atoms with Crippen molar-refractivity contribution in [3.05, 3.63) is 29.4 Å². The molecular formula is C16H18N4O4S. The molecular weight excluding hydrogens is 344 g/mol. The maximum Gasteiger partial charge on any atom is 0.167 e. The lowest BCUT2D eigenvalue weighted by Crippen LogP contribution is -2.44. The van der Waals surface area contributed by atoms with Crippen LogP contribution in [0.5, 0.6) is 0 Å². The quantitative estimate of drug-likeness (QED) is 0.541. The number of aliphatic hydroxyl groups is 3. The number of rotatable bonds is 3. The number of thiophene rings is 1. The van der Waals surface area contributed by atoms with Crippen molar-refractivity contribution in [2.24, 2.45) is 0 Å². The van der Waals surface area contributed by atoms with Crippen LogP contribution in [0.25, 0.3) is 22.2 Å². The van der Waals surface area contributed by atoms with Crippen molar-refractivity contribution in [3.8, 4) is 11.1 Å². The lowest BCUT2D eigenvalue weighted by atomic mass is 9.96. The van der Waals surface area contributed by atoms with Gasteiger partial charge in [-0.25, -0.2) is 9.97 Å². The van der Waals surface area contributed by atoms with E-state index in [1.807, 2.05) is 16.8 Å². The molecule has 4 rings (SSSR count). The molecule has 0 aromatic carbocycles. The number of aromatic nitrogens is 3. The fourth-order valence-corrected chi connectivity index (χ4v) is 3.97. The largest absolute Gasteiger partial charge is 0.394 e. The molecule has 0 bridgehead atoms. The van der Waals surface area contributed by atoms with E-state index in [2.05, 4.69) is 9.97 Å². The molecule has 1 fully saturated rings. The van der Waals surface area contributed by atoms with E-state index in [0.29, 0.717) is 16.9 Å². The fourth-order valence-electron chi connectivity index (χ4n) is 3.31. The van der Waals surface area contributed by atoms with E-state index in [-0.39, 0.29) is 0 Å². The first-order valence-corrected chi connectivity index (χ1v) is 8.69. The van der Waals surface area contributed by atoms with Crippen molar-refractivity contribution in [3.63, 3.8) is 0 Å². The SMILES string of the molecule is C[C@@]1(O)C(O)[C@@H](CO)O[C@H]1n1cc(-c2ccsc2)c2c(N)ncnc21. The zero-order valence-electron chi connectivity index (χ0n) is 13.4. The van der Waals surface area contributed by atoms with Crippen molar-refractivity contribution < 1.29 is 20.1 Å². The van der Waals surface area contributed by atoms with Crippen LogP contribution in [0.1, 0.15) is 13.2 Å². The Hall–Kier alpha value is -2.04. The van der Waals surface area contributed by atoms with Crippen molar-refractivity contribution >= 4 is 28.2 Å². The number of nitrogens with zero attached hydrogens (tertiary/aromatic N) is 3. The highest BCUT2D eigenvalue weighted by Crippen LogP contribution is 2.42. The molecule has 5 N–H and O–H groups in total. The maximum absolute atomic E-state index is 10.8. The molecule has 4 atom stereocenters. The van der Waals surface area contributed by atoms with Crippen LogP contribution in [0.3, 0.4) is 0 Å². The van der Waals surface area contributed by atoms with E-state index in [0.717, 1.165) is 11.1 Å². The smallest absolute Gasteiger partial charge is 0.167 e. The van der Waals surface area contributed by atoms with E-state index in [9.17, 15) is 15.3 Å². The first-order chi connectivity index (χ1) is 11.9.